The minimum absolute atomic E-state index is 0.279. The number of benzene rings is 1. The zero-order valence-electron chi connectivity index (χ0n) is 9.97. The lowest BCUT2D eigenvalue weighted by atomic mass is 10.0. The van der Waals surface area contributed by atoms with Crippen LogP contribution in [0.5, 0.6) is 0 Å². The van der Waals surface area contributed by atoms with Gasteiger partial charge in [0.2, 0.25) is 0 Å². The molecule has 88 valence electrons. The molecule has 3 nitrogen and oxygen atoms in total. The van der Waals surface area contributed by atoms with Gasteiger partial charge in [-0.25, -0.2) is 4.79 Å². The molecule has 0 fully saturated rings. The van der Waals surface area contributed by atoms with Gasteiger partial charge >= 0.3 is 5.97 Å². The number of fused-ring (bicyclic) bond motifs is 1. The SMILES string of the molecule is CC(C)Cc1cnc2cc(C(=O)O)ccc2c1. The van der Waals surface area contributed by atoms with Gasteiger partial charge in [-0.1, -0.05) is 19.9 Å². The van der Waals surface area contributed by atoms with Gasteiger partial charge in [-0.05, 0) is 36.1 Å². The second kappa shape index (κ2) is 4.53. The number of aromatic nitrogens is 1. The molecule has 1 heterocycles. The molecular weight excluding hydrogens is 214 g/mol. The Morgan fingerprint density at radius 2 is 2.12 bits per heavy atom. The third kappa shape index (κ3) is 2.61. The Labute approximate surface area is 100 Å². The number of pyridine rings is 1. The smallest absolute Gasteiger partial charge is 0.335 e. The third-order valence-corrected chi connectivity index (χ3v) is 2.63. The summed E-state index contributed by atoms with van der Waals surface area (Å²) in [6.45, 7) is 4.33. The second-order valence-electron chi connectivity index (χ2n) is 4.65. The lowest BCUT2D eigenvalue weighted by Gasteiger charge is -2.06. The van der Waals surface area contributed by atoms with Gasteiger partial charge in [0, 0.05) is 11.6 Å². The predicted molar refractivity (Wildman–Crippen MR) is 67.2 cm³/mol. The first-order valence-corrected chi connectivity index (χ1v) is 5.68. The van der Waals surface area contributed by atoms with Crippen LogP contribution >= 0.6 is 0 Å². The summed E-state index contributed by atoms with van der Waals surface area (Å²) in [5.74, 6) is -0.326. The van der Waals surface area contributed by atoms with Gasteiger partial charge in [0.1, 0.15) is 0 Å². The van der Waals surface area contributed by atoms with E-state index in [4.69, 9.17) is 5.11 Å². The lowest BCUT2D eigenvalue weighted by Crippen LogP contribution is -1.98. The van der Waals surface area contributed by atoms with E-state index < -0.39 is 5.97 Å². The second-order valence-corrected chi connectivity index (χ2v) is 4.65. The number of nitrogens with zero attached hydrogens (tertiary/aromatic N) is 1. The standard InChI is InChI=1S/C14H15NO2/c1-9(2)5-10-6-11-3-4-12(14(16)17)7-13(11)15-8-10/h3-4,6-9H,5H2,1-2H3,(H,16,17). The molecule has 2 rings (SSSR count). The van der Waals surface area contributed by atoms with E-state index >= 15 is 0 Å². The van der Waals surface area contributed by atoms with Crippen molar-refractivity contribution in [2.45, 2.75) is 20.3 Å². The van der Waals surface area contributed by atoms with Crippen molar-refractivity contribution in [3.63, 3.8) is 0 Å². The Kier molecular flexibility index (Phi) is 3.09. The molecule has 0 saturated heterocycles. The minimum Gasteiger partial charge on any atom is -0.478 e. The highest BCUT2D eigenvalue weighted by molar-refractivity contribution is 5.93. The molecule has 0 aliphatic heterocycles. The van der Waals surface area contributed by atoms with Crippen LogP contribution in [0.25, 0.3) is 10.9 Å². The maximum absolute atomic E-state index is 10.8. The van der Waals surface area contributed by atoms with Crippen LogP contribution in [0, 0.1) is 5.92 Å². The van der Waals surface area contributed by atoms with Crippen LogP contribution in [0.15, 0.2) is 30.5 Å². The summed E-state index contributed by atoms with van der Waals surface area (Å²) in [5, 5.41) is 9.88. The highest BCUT2D eigenvalue weighted by atomic mass is 16.4. The molecular formula is C14H15NO2. The van der Waals surface area contributed by atoms with Crippen molar-refractivity contribution in [2.75, 3.05) is 0 Å². The van der Waals surface area contributed by atoms with Crippen molar-refractivity contribution in [1.82, 2.24) is 4.98 Å². The molecule has 0 unspecified atom stereocenters. The van der Waals surface area contributed by atoms with Crippen LogP contribution in [0.4, 0.5) is 0 Å². The summed E-state index contributed by atoms with van der Waals surface area (Å²) in [5.41, 5.74) is 2.20. The molecule has 2 aromatic rings. The molecule has 0 amide bonds. The Morgan fingerprint density at radius 1 is 1.35 bits per heavy atom. The number of hydrogen-bond donors (Lipinski definition) is 1. The fourth-order valence-corrected chi connectivity index (χ4v) is 1.88. The Bertz CT molecular complexity index is 561. The molecule has 0 radical (unpaired) electrons. The first-order valence-electron chi connectivity index (χ1n) is 5.68. The van der Waals surface area contributed by atoms with E-state index in [9.17, 15) is 4.79 Å². The summed E-state index contributed by atoms with van der Waals surface area (Å²) in [6, 6.07) is 7.12. The number of rotatable bonds is 3. The highest BCUT2D eigenvalue weighted by Crippen LogP contribution is 2.17. The van der Waals surface area contributed by atoms with Crippen molar-refractivity contribution in [3.8, 4) is 0 Å². The predicted octanol–water partition coefficient (Wildman–Crippen LogP) is 3.13. The van der Waals surface area contributed by atoms with Crippen molar-refractivity contribution in [1.29, 1.82) is 0 Å². The monoisotopic (exact) mass is 229 g/mol. The normalized spacial score (nSPS) is 11.0. The van der Waals surface area contributed by atoms with Gasteiger partial charge in [0.15, 0.2) is 0 Å². The molecule has 0 saturated carbocycles. The fraction of sp³-hybridized carbons (Fsp3) is 0.286. The van der Waals surface area contributed by atoms with E-state index in [1.807, 2.05) is 12.3 Å². The van der Waals surface area contributed by atoms with Crippen LogP contribution in [0.3, 0.4) is 0 Å². The van der Waals surface area contributed by atoms with E-state index in [0.717, 1.165) is 17.3 Å². The zero-order chi connectivity index (χ0) is 12.4. The molecule has 0 spiro atoms. The molecule has 3 heteroatoms. The lowest BCUT2D eigenvalue weighted by molar-refractivity contribution is 0.0697. The van der Waals surface area contributed by atoms with Crippen molar-refractivity contribution in [3.05, 3.63) is 41.6 Å². The van der Waals surface area contributed by atoms with E-state index in [1.54, 1.807) is 12.1 Å². The molecule has 1 aromatic heterocycles. The maximum atomic E-state index is 10.8. The fourth-order valence-electron chi connectivity index (χ4n) is 1.88. The number of aromatic carboxylic acids is 1. The van der Waals surface area contributed by atoms with Crippen molar-refractivity contribution in [2.24, 2.45) is 5.92 Å². The van der Waals surface area contributed by atoms with E-state index in [1.165, 1.54) is 5.56 Å². The summed E-state index contributed by atoms with van der Waals surface area (Å²) in [4.78, 5) is 15.1. The quantitative estimate of drug-likeness (QED) is 0.879. The summed E-state index contributed by atoms with van der Waals surface area (Å²) < 4.78 is 0. The zero-order valence-corrected chi connectivity index (χ0v) is 9.97. The summed E-state index contributed by atoms with van der Waals surface area (Å²) in [6.07, 6.45) is 2.82. The molecule has 1 aromatic carbocycles. The van der Waals surface area contributed by atoms with Gasteiger partial charge in [-0.2, -0.15) is 0 Å². The van der Waals surface area contributed by atoms with Crippen LogP contribution in [-0.2, 0) is 6.42 Å². The van der Waals surface area contributed by atoms with Crippen LogP contribution in [0.2, 0.25) is 0 Å². The molecule has 0 bridgehead atoms. The molecule has 0 aliphatic carbocycles. The largest absolute Gasteiger partial charge is 0.478 e. The minimum atomic E-state index is -0.917. The number of carbonyl (C=O) groups is 1. The van der Waals surface area contributed by atoms with Gasteiger partial charge in [-0.15, -0.1) is 0 Å². The Hall–Kier alpha value is -1.90. The highest BCUT2D eigenvalue weighted by Gasteiger charge is 2.05. The first kappa shape index (κ1) is 11.6. The number of carboxylic acid groups (broad SMARTS) is 1. The van der Waals surface area contributed by atoms with Gasteiger partial charge < -0.3 is 5.11 Å². The molecule has 17 heavy (non-hydrogen) atoms. The van der Waals surface area contributed by atoms with E-state index in [-0.39, 0.29) is 5.56 Å². The van der Waals surface area contributed by atoms with Crippen LogP contribution < -0.4 is 0 Å². The van der Waals surface area contributed by atoms with Gasteiger partial charge in [-0.3, -0.25) is 4.98 Å². The maximum Gasteiger partial charge on any atom is 0.335 e. The van der Waals surface area contributed by atoms with Crippen molar-refractivity contribution < 1.29 is 9.90 Å². The molecule has 0 atom stereocenters. The van der Waals surface area contributed by atoms with Crippen LogP contribution in [0.1, 0.15) is 29.8 Å². The van der Waals surface area contributed by atoms with Crippen molar-refractivity contribution >= 4 is 16.9 Å². The topological polar surface area (TPSA) is 50.2 Å². The van der Waals surface area contributed by atoms with Crippen LogP contribution in [-0.4, -0.2) is 16.1 Å². The average Bonchev–Trinajstić information content (AvgIpc) is 2.27. The van der Waals surface area contributed by atoms with E-state index in [0.29, 0.717) is 5.92 Å². The van der Waals surface area contributed by atoms with Gasteiger partial charge in [0.05, 0.1) is 11.1 Å². The van der Waals surface area contributed by atoms with Gasteiger partial charge in [0.25, 0.3) is 0 Å². The first-order chi connectivity index (χ1) is 8.06. The molecule has 1 N–H and O–H groups in total. The average molecular weight is 229 g/mol. The van der Waals surface area contributed by atoms with E-state index in [2.05, 4.69) is 24.9 Å². The summed E-state index contributed by atoms with van der Waals surface area (Å²) >= 11 is 0. The molecule has 0 aliphatic rings. The number of hydrogen-bond acceptors (Lipinski definition) is 2. The Balaban J connectivity index is 2.43. The number of carboxylic acids is 1. The third-order valence-electron chi connectivity index (χ3n) is 2.63. The summed E-state index contributed by atoms with van der Waals surface area (Å²) in [7, 11) is 0. The Morgan fingerprint density at radius 3 is 2.76 bits per heavy atom.